The Hall–Kier alpha value is -1.74. The molecule has 18 heavy (non-hydrogen) atoms. The van der Waals surface area contributed by atoms with E-state index in [1.54, 1.807) is 6.20 Å². The van der Waals surface area contributed by atoms with Crippen LogP contribution in [0.2, 0.25) is 0 Å². The molecule has 3 rings (SSSR count). The van der Waals surface area contributed by atoms with Crippen LogP contribution in [0.4, 0.5) is 0 Å². The fourth-order valence-corrected chi connectivity index (χ4v) is 2.14. The average Bonchev–Trinajstić information content (AvgIpc) is 3.25. The first-order chi connectivity index (χ1) is 8.92. The van der Waals surface area contributed by atoms with E-state index in [9.17, 15) is 0 Å². The van der Waals surface area contributed by atoms with E-state index >= 15 is 0 Å². The maximum Gasteiger partial charge on any atom is 0.0769 e. The van der Waals surface area contributed by atoms with Gasteiger partial charge in [-0.2, -0.15) is 10.2 Å². The molecule has 0 amide bonds. The summed E-state index contributed by atoms with van der Waals surface area (Å²) in [5.41, 5.74) is 3.83. The van der Waals surface area contributed by atoms with E-state index in [2.05, 4.69) is 39.8 Å². The molecule has 0 aliphatic heterocycles. The Bertz CT molecular complexity index is 506. The largest absolute Gasteiger partial charge is 0.307 e. The molecule has 92 valence electrons. The fourth-order valence-electron chi connectivity index (χ4n) is 2.14. The van der Waals surface area contributed by atoms with Crippen LogP contribution >= 0.6 is 0 Å². The first-order valence-corrected chi connectivity index (χ1v) is 6.48. The van der Waals surface area contributed by atoms with Gasteiger partial charge in [-0.3, -0.25) is 0 Å². The van der Waals surface area contributed by atoms with E-state index in [0.29, 0.717) is 0 Å². The summed E-state index contributed by atoms with van der Waals surface area (Å²) in [6.45, 7) is 1.65. The Balaban J connectivity index is 1.55. The van der Waals surface area contributed by atoms with Crippen molar-refractivity contribution in [1.82, 2.24) is 15.5 Å². The molecule has 1 fully saturated rings. The van der Waals surface area contributed by atoms with Gasteiger partial charge in [0, 0.05) is 19.3 Å². The highest BCUT2D eigenvalue weighted by Gasteiger charge is 2.23. The molecule has 1 aliphatic rings. The molecule has 0 spiro atoms. The van der Waals surface area contributed by atoms with Crippen molar-refractivity contribution in [3.05, 3.63) is 59.4 Å². The van der Waals surface area contributed by atoms with Crippen LogP contribution in [0.3, 0.4) is 0 Å². The molecule has 0 bridgehead atoms. The highest BCUT2D eigenvalue weighted by molar-refractivity contribution is 5.29. The predicted molar refractivity (Wildman–Crippen MR) is 71.0 cm³/mol. The van der Waals surface area contributed by atoms with Crippen molar-refractivity contribution in [1.29, 1.82) is 0 Å². The van der Waals surface area contributed by atoms with E-state index < -0.39 is 0 Å². The van der Waals surface area contributed by atoms with Crippen LogP contribution in [0.25, 0.3) is 0 Å². The molecule has 0 saturated heterocycles. The maximum atomic E-state index is 4.05. The van der Waals surface area contributed by atoms with Gasteiger partial charge in [-0.05, 0) is 42.0 Å². The normalized spacial score (nSPS) is 14.7. The summed E-state index contributed by atoms with van der Waals surface area (Å²) in [7, 11) is 0. The Morgan fingerprint density at radius 3 is 2.83 bits per heavy atom. The van der Waals surface area contributed by atoms with Gasteiger partial charge in [0.25, 0.3) is 0 Å². The van der Waals surface area contributed by atoms with Gasteiger partial charge in [0.2, 0.25) is 0 Å². The van der Waals surface area contributed by atoms with Crippen molar-refractivity contribution in [3.8, 4) is 0 Å². The van der Waals surface area contributed by atoms with Crippen LogP contribution < -0.4 is 5.32 Å². The number of aromatic nitrogens is 2. The van der Waals surface area contributed by atoms with Gasteiger partial charge in [0.1, 0.15) is 0 Å². The van der Waals surface area contributed by atoms with Gasteiger partial charge in [-0.15, -0.1) is 0 Å². The first-order valence-electron chi connectivity index (χ1n) is 6.48. The quantitative estimate of drug-likeness (QED) is 0.871. The minimum absolute atomic E-state index is 0.765. The highest BCUT2D eigenvalue weighted by Crippen LogP contribution is 2.40. The second-order valence-electron chi connectivity index (χ2n) is 4.84. The zero-order chi connectivity index (χ0) is 12.2. The average molecular weight is 239 g/mol. The van der Waals surface area contributed by atoms with Crippen molar-refractivity contribution in [3.63, 3.8) is 0 Å². The number of rotatable bonds is 5. The predicted octanol–water partition coefficient (Wildman–Crippen LogP) is 2.64. The molecule has 0 unspecified atom stereocenters. The SMILES string of the molecule is c1cc(CNCc2cccnn2)cc(C2CC2)c1. The Morgan fingerprint density at radius 2 is 2.06 bits per heavy atom. The van der Waals surface area contributed by atoms with Crippen LogP contribution in [0.5, 0.6) is 0 Å². The molecule has 1 aromatic heterocycles. The van der Waals surface area contributed by atoms with Gasteiger partial charge in [-0.1, -0.05) is 24.3 Å². The van der Waals surface area contributed by atoms with Crippen LogP contribution in [-0.4, -0.2) is 10.2 Å². The first kappa shape index (κ1) is 11.4. The van der Waals surface area contributed by atoms with Crippen molar-refractivity contribution in [2.75, 3.05) is 0 Å². The van der Waals surface area contributed by atoms with Crippen LogP contribution in [0, 0.1) is 0 Å². The summed E-state index contributed by atoms with van der Waals surface area (Å²) in [6, 6.07) is 12.8. The standard InChI is InChI=1S/C15H17N3/c1-3-12(9-14(4-1)13-6-7-13)10-16-11-15-5-2-8-17-18-15/h1-5,8-9,13,16H,6-7,10-11H2. The van der Waals surface area contributed by atoms with Gasteiger partial charge in [0.05, 0.1) is 5.69 Å². The van der Waals surface area contributed by atoms with Gasteiger partial charge in [-0.25, -0.2) is 0 Å². The molecule has 2 aromatic rings. The lowest BCUT2D eigenvalue weighted by molar-refractivity contribution is 0.669. The van der Waals surface area contributed by atoms with Crippen LogP contribution in [0.15, 0.2) is 42.6 Å². The van der Waals surface area contributed by atoms with Gasteiger partial charge < -0.3 is 5.32 Å². The van der Waals surface area contributed by atoms with Gasteiger partial charge in [0.15, 0.2) is 0 Å². The minimum Gasteiger partial charge on any atom is -0.307 e. The van der Waals surface area contributed by atoms with Crippen molar-refractivity contribution >= 4 is 0 Å². The van der Waals surface area contributed by atoms with Crippen LogP contribution in [0.1, 0.15) is 35.6 Å². The number of hydrogen-bond donors (Lipinski definition) is 1. The van der Waals surface area contributed by atoms with E-state index in [-0.39, 0.29) is 0 Å². The summed E-state index contributed by atoms with van der Waals surface area (Å²) >= 11 is 0. The maximum absolute atomic E-state index is 4.05. The third-order valence-corrected chi connectivity index (χ3v) is 3.26. The molecule has 1 heterocycles. The lowest BCUT2D eigenvalue weighted by Crippen LogP contribution is -2.14. The lowest BCUT2D eigenvalue weighted by atomic mass is 10.1. The molecule has 1 aliphatic carbocycles. The molecule has 0 radical (unpaired) electrons. The molecule has 1 N–H and O–H groups in total. The molecule has 1 aromatic carbocycles. The van der Waals surface area contributed by atoms with Crippen molar-refractivity contribution in [2.45, 2.75) is 31.8 Å². The molecule has 3 nitrogen and oxygen atoms in total. The van der Waals surface area contributed by atoms with Crippen molar-refractivity contribution in [2.24, 2.45) is 0 Å². The zero-order valence-corrected chi connectivity index (χ0v) is 10.3. The smallest absolute Gasteiger partial charge is 0.0769 e. The molecular formula is C15H17N3. The van der Waals surface area contributed by atoms with E-state index in [1.165, 1.54) is 24.0 Å². The molecular weight excluding hydrogens is 222 g/mol. The molecule has 0 atom stereocenters. The van der Waals surface area contributed by atoms with E-state index in [0.717, 1.165) is 24.7 Å². The summed E-state index contributed by atoms with van der Waals surface area (Å²) in [5, 5.41) is 11.3. The number of hydrogen-bond acceptors (Lipinski definition) is 3. The fraction of sp³-hybridized carbons (Fsp3) is 0.333. The Kier molecular flexibility index (Phi) is 3.33. The Morgan fingerprint density at radius 1 is 1.11 bits per heavy atom. The molecule has 1 saturated carbocycles. The zero-order valence-electron chi connectivity index (χ0n) is 10.3. The second-order valence-corrected chi connectivity index (χ2v) is 4.84. The summed E-state index contributed by atoms with van der Waals surface area (Å²) in [5.74, 6) is 0.824. The summed E-state index contributed by atoms with van der Waals surface area (Å²) < 4.78 is 0. The molecule has 3 heteroatoms. The lowest BCUT2D eigenvalue weighted by Gasteiger charge is -2.06. The Labute approximate surface area is 107 Å². The third-order valence-electron chi connectivity index (χ3n) is 3.26. The second kappa shape index (κ2) is 5.27. The number of nitrogens with zero attached hydrogens (tertiary/aromatic N) is 2. The van der Waals surface area contributed by atoms with Gasteiger partial charge >= 0.3 is 0 Å². The highest BCUT2D eigenvalue weighted by atomic mass is 15.1. The topological polar surface area (TPSA) is 37.8 Å². The number of nitrogens with one attached hydrogen (secondary N) is 1. The summed E-state index contributed by atoms with van der Waals surface area (Å²) in [4.78, 5) is 0. The van der Waals surface area contributed by atoms with Crippen LogP contribution in [-0.2, 0) is 13.1 Å². The van der Waals surface area contributed by atoms with E-state index in [4.69, 9.17) is 0 Å². The van der Waals surface area contributed by atoms with E-state index in [1.807, 2.05) is 12.1 Å². The minimum atomic E-state index is 0.765. The monoisotopic (exact) mass is 239 g/mol. The summed E-state index contributed by atoms with van der Waals surface area (Å²) in [6.07, 6.45) is 4.41. The third kappa shape index (κ3) is 2.93. The van der Waals surface area contributed by atoms with Crippen molar-refractivity contribution < 1.29 is 0 Å². The number of benzene rings is 1.